The van der Waals surface area contributed by atoms with Crippen molar-refractivity contribution in [2.45, 2.75) is 32.2 Å². The molecule has 1 heterocycles. The van der Waals surface area contributed by atoms with Crippen molar-refractivity contribution in [2.75, 3.05) is 14.2 Å². The lowest BCUT2D eigenvalue weighted by Gasteiger charge is -2.33. The standard InChI is InChI=1S/C13H18O4/c1-7-12-10(13(14)8(2)17-7)5-9(15-3)6-11(12)16-4/h5-8,13-14H,1-4H3/t7-,8+,13+/m0/s1. The number of hydrogen-bond acceptors (Lipinski definition) is 4. The molecule has 2 rings (SSSR count). The van der Waals surface area contributed by atoms with Crippen LogP contribution in [0.1, 0.15) is 37.2 Å². The summed E-state index contributed by atoms with van der Waals surface area (Å²) in [5.41, 5.74) is 1.73. The quantitative estimate of drug-likeness (QED) is 0.858. The lowest BCUT2D eigenvalue weighted by Crippen LogP contribution is -2.27. The summed E-state index contributed by atoms with van der Waals surface area (Å²) in [6.45, 7) is 3.81. The number of aliphatic hydroxyl groups is 1. The summed E-state index contributed by atoms with van der Waals surface area (Å²) < 4.78 is 16.2. The van der Waals surface area contributed by atoms with Crippen molar-refractivity contribution in [1.82, 2.24) is 0 Å². The fraction of sp³-hybridized carbons (Fsp3) is 0.538. The normalized spacial score (nSPS) is 27.5. The second-order valence-electron chi connectivity index (χ2n) is 4.26. The highest BCUT2D eigenvalue weighted by atomic mass is 16.5. The fourth-order valence-electron chi connectivity index (χ4n) is 2.31. The molecule has 0 saturated carbocycles. The number of ether oxygens (including phenoxy) is 3. The molecule has 4 nitrogen and oxygen atoms in total. The van der Waals surface area contributed by atoms with Crippen molar-refractivity contribution >= 4 is 0 Å². The maximum absolute atomic E-state index is 10.2. The minimum absolute atomic E-state index is 0.0933. The van der Waals surface area contributed by atoms with Crippen LogP contribution in [-0.2, 0) is 4.74 Å². The van der Waals surface area contributed by atoms with Crippen molar-refractivity contribution in [1.29, 1.82) is 0 Å². The Hall–Kier alpha value is -1.26. The molecule has 3 atom stereocenters. The van der Waals surface area contributed by atoms with Crippen LogP contribution in [0, 0.1) is 0 Å². The number of fused-ring (bicyclic) bond motifs is 1. The van der Waals surface area contributed by atoms with Gasteiger partial charge < -0.3 is 19.3 Å². The summed E-state index contributed by atoms with van der Waals surface area (Å²) in [6, 6.07) is 3.65. The second kappa shape index (κ2) is 4.55. The Morgan fingerprint density at radius 1 is 1.18 bits per heavy atom. The van der Waals surface area contributed by atoms with Crippen LogP contribution in [0.4, 0.5) is 0 Å². The average Bonchev–Trinajstić information content (AvgIpc) is 2.34. The predicted molar refractivity (Wildman–Crippen MR) is 63.5 cm³/mol. The molecular weight excluding hydrogens is 220 g/mol. The monoisotopic (exact) mass is 238 g/mol. The molecule has 0 amide bonds. The lowest BCUT2D eigenvalue weighted by atomic mass is 9.92. The van der Waals surface area contributed by atoms with Crippen LogP contribution in [0.5, 0.6) is 11.5 Å². The van der Waals surface area contributed by atoms with Gasteiger partial charge in [-0.1, -0.05) is 0 Å². The van der Waals surface area contributed by atoms with Crippen LogP contribution in [0.25, 0.3) is 0 Å². The number of rotatable bonds is 2. The SMILES string of the molecule is COc1cc(OC)c2c(c1)[C@H](O)[C@@H](C)O[C@H]2C. The highest BCUT2D eigenvalue weighted by Crippen LogP contribution is 2.43. The summed E-state index contributed by atoms with van der Waals surface area (Å²) in [6.07, 6.45) is -0.969. The summed E-state index contributed by atoms with van der Waals surface area (Å²) in [4.78, 5) is 0. The Bertz CT molecular complexity index is 416. The molecule has 94 valence electrons. The Kier molecular flexibility index (Phi) is 3.26. The molecule has 4 heteroatoms. The fourth-order valence-corrected chi connectivity index (χ4v) is 2.31. The molecule has 0 fully saturated rings. The largest absolute Gasteiger partial charge is 0.497 e. The number of benzene rings is 1. The summed E-state index contributed by atoms with van der Waals surface area (Å²) in [7, 11) is 3.20. The van der Waals surface area contributed by atoms with E-state index in [2.05, 4.69) is 0 Å². The van der Waals surface area contributed by atoms with E-state index < -0.39 is 6.10 Å². The van der Waals surface area contributed by atoms with Gasteiger partial charge in [0, 0.05) is 11.6 Å². The highest BCUT2D eigenvalue weighted by molar-refractivity contribution is 5.49. The van der Waals surface area contributed by atoms with Gasteiger partial charge in [0.1, 0.15) is 17.6 Å². The zero-order valence-electron chi connectivity index (χ0n) is 10.6. The van der Waals surface area contributed by atoms with Gasteiger partial charge in [0.15, 0.2) is 0 Å². The third-order valence-corrected chi connectivity index (χ3v) is 3.19. The molecule has 0 radical (unpaired) electrons. The van der Waals surface area contributed by atoms with Crippen molar-refractivity contribution < 1.29 is 19.3 Å². The molecular formula is C13H18O4. The topological polar surface area (TPSA) is 47.9 Å². The van der Waals surface area contributed by atoms with Crippen LogP contribution in [0.2, 0.25) is 0 Å². The van der Waals surface area contributed by atoms with Gasteiger partial charge in [-0.25, -0.2) is 0 Å². The third kappa shape index (κ3) is 1.98. The van der Waals surface area contributed by atoms with E-state index >= 15 is 0 Å². The van der Waals surface area contributed by atoms with Gasteiger partial charge in [-0.2, -0.15) is 0 Å². The maximum Gasteiger partial charge on any atom is 0.128 e. The van der Waals surface area contributed by atoms with Crippen LogP contribution < -0.4 is 9.47 Å². The van der Waals surface area contributed by atoms with E-state index in [1.807, 2.05) is 19.9 Å². The first-order valence-corrected chi connectivity index (χ1v) is 5.67. The van der Waals surface area contributed by atoms with E-state index in [9.17, 15) is 5.11 Å². The Morgan fingerprint density at radius 3 is 2.47 bits per heavy atom. The first kappa shape index (κ1) is 12.2. The molecule has 1 aliphatic heterocycles. The van der Waals surface area contributed by atoms with Gasteiger partial charge in [0.25, 0.3) is 0 Å². The molecule has 1 aromatic rings. The highest BCUT2D eigenvalue weighted by Gasteiger charge is 2.32. The third-order valence-electron chi connectivity index (χ3n) is 3.19. The van der Waals surface area contributed by atoms with Gasteiger partial charge in [-0.3, -0.25) is 0 Å². The maximum atomic E-state index is 10.2. The summed E-state index contributed by atoms with van der Waals surface area (Å²) >= 11 is 0. The van der Waals surface area contributed by atoms with Crippen molar-refractivity contribution in [2.24, 2.45) is 0 Å². The summed E-state index contributed by atoms with van der Waals surface area (Å²) in [5, 5.41) is 10.2. The summed E-state index contributed by atoms with van der Waals surface area (Å²) in [5.74, 6) is 1.37. The molecule has 0 unspecified atom stereocenters. The van der Waals surface area contributed by atoms with Crippen LogP contribution >= 0.6 is 0 Å². The predicted octanol–water partition coefficient (Wildman–Crippen LogP) is 2.22. The molecule has 0 aromatic heterocycles. The number of methoxy groups -OCH3 is 2. The van der Waals surface area contributed by atoms with E-state index in [0.717, 1.165) is 11.1 Å². The molecule has 1 aromatic carbocycles. The van der Waals surface area contributed by atoms with Crippen LogP contribution in [0.15, 0.2) is 12.1 Å². The van der Waals surface area contributed by atoms with E-state index in [-0.39, 0.29) is 12.2 Å². The second-order valence-corrected chi connectivity index (χ2v) is 4.26. The minimum Gasteiger partial charge on any atom is -0.497 e. The molecule has 17 heavy (non-hydrogen) atoms. The number of aliphatic hydroxyl groups excluding tert-OH is 1. The van der Waals surface area contributed by atoms with E-state index in [4.69, 9.17) is 14.2 Å². The first-order valence-electron chi connectivity index (χ1n) is 5.67. The van der Waals surface area contributed by atoms with Gasteiger partial charge >= 0.3 is 0 Å². The molecule has 1 N–H and O–H groups in total. The average molecular weight is 238 g/mol. The molecule has 1 aliphatic rings. The molecule has 0 aliphatic carbocycles. The lowest BCUT2D eigenvalue weighted by molar-refractivity contribution is -0.0817. The van der Waals surface area contributed by atoms with Gasteiger partial charge in [0.05, 0.1) is 26.4 Å². The minimum atomic E-state index is -0.648. The first-order chi connectivity index (χ1) is 8.08. The van der Waals surface area contributed by atoms with Crippen molar-refractivity contribution in [3.8, 4) is 11.5 Å². The van der Waals surface area contributed by atoms with Crippen molar-refractivity contribution in [3.63, 3.8) is 0 Å². The molecule has 0 spiro atoms. The Morgan fingerprint density at radius 2 is 1.88 bits per heavy atom. The zero-order valence-corrected chi connectivity index (χ0v) is 10.6. The smallest absolute Gasteiger partial charge is 0.128 e. The molecule has 0 saturated heterocycles. The van der Waals surface area contributed by atoms with Crippen LogP contribution in [-0.4, -0.2) is 25.4 Å². The van der Waals surface area contributed by atoms with Gasteiger partial charge in [-0.15, -0.1) is 0 Å². The zero-order chi connectivity index (χ0) is 12.6. The van der Waals surface area contributed by atoms with E-state index in [0.29, 0.717) is 11.5 Å². The van der Waals surface area contributed by atoms with Crippen LogP contribution in [0.3, 0.4) is 0 Å². The number of hydrogen-bond donors (Lipinski definition) is 1. The Balaban J connectivity index is 2.59. The van der Waals surface area contributed by atoms with Crippen molar-refractivity contribution in [3.05, 3.63) is 23.3 Å². The van der Waals surface area contributed by atoms with Gasteiger partial charge in [0.2, 0.25) is 0 Å². The van der Waals surface area contributed by atoms with E-state index in [1.165, 1.54) is 0 Å². The van der Waals surface area contributed by atoms with E-state index in [1.54, 1.807) is 20.3 Å². The Labute approximate surface area is 101 Å². The molecule has 0 bridgehead atoms. The van der Waals surface area contributed by atoms with Gasteiger partial charge in [-0.05, 0) is 25.5 Å².